The van der Waals surface area contributed by atoms with Crippen LogP contribution in [0.4, 0.5) is 0 Å². The van der Waals surface area contributed by atoms with E-state index >= 15 is 0 Å². The lowest BCUT2D eigenvalue weighted by Crippen LogP contribution is -2.52. The van der Waals surface area contributed by atoms with Crippen LogP contribution in [0, 0.1) is 6.92 Å². The molecule has 3 aromatic carbocycles. The van der Waals surface area contributed by atoms with E-state index in [9.17, 15) is 4.79 Å². The minimum absolute atomic E-state index is 0.0215. The Labute approximate surface area is 195 Å². The third-order valence-corrected chi connectivity index (χ3v) is 6.44. The molecule has 4 rings (SSSR count). The maximum absolute atomic E-state index is 13.0. The third kappa shape index (κ3) is 5.14. The van der Waals surface area contributed by atoms with Crippen molar-refractivity contribution in [3.63, 3.8) is 0 Å². The van der Waals surface area contributed by atoms with Gasteiger partial charge in [0, 0.05) is 31.2 Å². The largest absolute Gasteiger partial charge is 0.481 e. The van der Waals surface area contributed by atoms with Crippen LogP contribution in [0.5, 0.6) is 5.75 Å². The number of hydrogen-bond acceptors (Lipinski definition) is 3. The van der Waals surface area contributed by atoms with Gasteiger partial charge in [-0.1, -0.05) is 72.3 Å². The smallest absolute Gasteiger partial charge is 0.263 e. The predicted octanol–water partition coefficient (Wildman–Crippen LogP) is 5.35. The lowest BCUT2D eigenvalue weighted by atomic mass is 9.96. The number of aryl methyl sites for hydroxylation is 1. The fourth-order valence-electron chi connectivity index (χ4n) is 4.29. The van der Waals surface area contributed by atoms with E-state index in [1.165, 1.54) is 11.1 Å². The van der Waals surface area contributed by atoms with Crippen LogP contribution in [0.3, 0.4) is 0 Å². The van der Waals surface area contributed by atoms with Gasteiger partial charge in [-0.05, 0) is 48.7 Å². The summed E-state index contributed by atoms with van der Waals surface area (Å²) in [6.45, 7) is 6.73. The van der Waals surface area contributed by atoms with Crippen LogP contribution in [-0.4, -0.2) is 48.0 Å². The molecule has 1 aliphatic rings. The quantitative estimate of drug-likeness (QED) is 0.509. The highest BCUT2D eigenvalue weighted by molar-refractivity contribution is 6.31. The molecule has 1 aliphatic heterocycles. The van der Waals surface area contributed by atoms with Crippen molar-refractivity contribution in [2.75, 3.05) is 26.2 Å². The van der Waals surface area contributed by atoms with E-state index in [1.807, 2.05) is 36.9 Å². The van der Waals surface area contributed by atoms with Crippen LogP contribution >= 0.6 is 11.6 Å². The van der Waals surface area contributed by atoms with Crippen molar-refractivity contribution in [1.29, 1.82) is 0 Å². The first-order chi connectivity index (χ1) is 15.5. The maximum Gasteiger partial charge on any atom is 0.263 e. The average molecular weight is 449 g/mol. The monoisotopic (exact) mass is 448 g/mol. The molecule has 0 bridgehead atoms. The summed E-state index contributed by atoms with van der Waals surface area (Å²) >= 11 is 6.09. The Hall–Kier alpha value is -2.82. The Kier molecular flexibility index (Phi) is 7.13. The van der Waals surface area contributed by atoms with Gasteiger partial charge in [0.1, 0.15) is 5.75 Å². The second-order valence-corrected chi connectivity index (χ2v) is 8.66. The molecule has 3 aromatic rings. The van der Waals surface area contributed by atoms with Crippen molar-refractivity contribution >= 4 is 17.5 Å². The molecule has 1 saturated heterocycles. The lowest BCUT2D eigenvalue weighted by molar-refractivity contribution is -0.140. The number of hydrogen-bond donors (Lipinski definition) is 0. The molecule has 0 aromatic heterocycles. The number of carbonyl (C=O) groups is 1. The van der Waals surface area contributed by atoms with Gasteiger partial charge in [0.2, 0.25) is 0 Å². The van der Waals surface area contributed by atoms with Gasteiger partial charge in [-0.3, -0.25) is 9.69 Å². The van der Waals surface area contributed by atoms with Gasteiger partial charge < -0.3 is 9.64 Å². The number of carbonyl (C=O) groups excluding carboxylic acids is 1. The normalized spacial score (nSPS) is 15.6. The minimum Gasteiger partial charge on any atom is -0.481 e. The summed E-state index contributed by atoms with van der Waals surface area (Å²) in [6.07, 6.45) is -0.541. The number of nitrogens with zero attached hydrogens (tertiary/aromatic N) is 2. The molecule has 0 spiro atoms. The topological polar surface area (TPSA) is 32.8 Å². The molecule has 1 atom stereocenters. The highest BCUT2D eigenvalue weighted by atomic mass is 35.5. The highest BCUT2D eigenvalue weighted by Crippen LogP contribution is 2.29. The van der Waals surface area contributed by atoms with Gasteiger partial charge in [-0.25, -0.2) is 0 Å². The first kappa shape index (κ1) is 22.4. The van der Waals surface area contributed by atoms with Crippen LogP contribution in [0.25, 0.3) is 0 Å². The molecule has 1 amide bonds. The number of halogens is 1. The van der Waals surface area contributed by atoms with E-state index in [2.05, 4.69) is 53.4 Å². The van der Waals surface area contributed by atoms with Gasteiger partial charge >= 0.3 is 0 Å². The first-order valence-electron chi connectivity index (χ1n) is 11.1. The van der Waals surface area contributed by atoms with Crippen molar-refractivity contribution in [1.82, 2.24) is 9.80 Å². The van der Waals surface area contributed by atoms with Crippen molar-refractivity contribution < 1.29 is 9.53 Å². The summed E-state index contributed by atoms with van der Waals surface area (Å²) in [5, 5.41) is 0.693. The molecule has 0 N–H and O–H groups in total. The fraction of sp³-hybridized carbons (Fsp3) is 0.296. The van der Waals surface area contributed by atoms with E-state index in [0.717, 1.165) is 18.7 Å². The highest BCUT2D eigenvalue weighted by Gasteiger charge is 2.30. The molecule has 1 heterocycles. The molecule has 0 saturated carbocycles. The molecule has 0 unspecified atom stereocenters. The summed E-state index contributed by atoms with van der Waals surface area (Å²) in [4.78, 5) is 17.4. The van der Waals surface area contributed by atoms with E-state index < -0.39 is 6.10 Å². The zero-order chi connectivity index (χ0) is 22.5. The van der Waals surface area contributed by atoms with Crippen LogP contribution in [0.1, 0.15) is 29.7 Å². The number of piperazine rings is 1. The molecule has 0 radical (unpaired) electrons. The van der Waals surface area contributed by atoms with Crippen molar-refractivity contribution in [2.45, 2.75) is 26.0 Å². The minimum atomic E-state index is -0.541. The van der Waals surface area contributed by atoms with Crippen molar-refractivity contribution in [3.05, 3.63) is 101 Å². The van der Waals surface area contributed by atoms with Gasteiger partial charge in [0.25, 0.3) is 5.91 Å². The molecule has 5 heteroatoms. The van der Waals surface area contributed by atoms with Crippen LogP contribution in [-0.2, 0) is 4.79 Å². The Morgan fingerprint density at radius 2 is 1.44 bits per heavy atom. The Bertz CT molecular complexity index is 995. The second-order valence-electron chi connectivity index (χ2n) is 8.26. The Morgan fingerprint density at radius 3 is 1.97 bits per heavy atom. The SMILES string of the molecule is Cc1cc(O[C@@H](C)C(=O)N2CCN(C(c3ccccc3)c3ccccc3)CC2)ccc1Cl. The molecule has 4 nitrogen and oxygen atoms in total. The molecule has 1 fully saturated rings. The van der Waals surface area contributed by atoms with Gasteiger partial charge in [0.05, 0.1) is 6.04 Å². The molecular weight excluding hydrogens is 420 g/mol. The second kappa shape index (κ2) is 10.2. The lowest BCUT2D eigenvalue weighted by Gasteiger charge is -2.40. The van der Waals surface area contributed by atoms with Gasteiger partial charge in [-0.15, -0.1) is 0 Å². The molecule has 32 heavy (non-hydrogen) atoms. The molecule has 166 valence electrons. The van der Waals surface area contributed by atoms with Crippen molar-refractivity contribution in [3.8, 4) is 5.75 Å². The summed E-state index contributed by atoms with van der Waals surface area (Å²) < 4.78 is 5.91. The first-order valence-corrected chi connectivity index (χ1v) is 11.5. The molecular formula is C27H29ClN2O2. The predicted molar refractivity (Wildman–Crippen MR) is 129 cm³/mol. The molecule has 0 aliphatic carbocycles. The standard InChI is InChI=1S/C27H29ClN2O2/c1-20-19-24(13-14-25(20)28)32-21(2)27(31)30-17-15-29(16-18-30)26(22-9-5-3-6-10-22)23-11-7-4-8-12-23/h3-14,19,21,26H,15-18H2,1-2H3/t21-/m0/s1. The summed E-state index contributed by atoms with van der Waals surface area (Å²) in [5.74, 6) is 0.688. The maximum atomic E-state index is 13.0. The van der Waals surface area contributed by atoms with Crippen LogP contribution in [0.15, 0.2) is 78.9 Å². The average Bonchev–Trinajstić information content (AvgIpc) is 2.83. The van der Waals surface area contributed by atoms with E-state index in [1.54, 1.807) is 12.1 Å². The van der Waals surface area contributed by atoms with E-state index in [4.69, 9.17) is 16.3 Å². The fourth-order valence-corrected chi connectivity index (χ4v) is 4.40. The third-order valence-electron chi connectivity index (χ3n) is 6.01. The van der Waals surface area contributed by atoms with E-state index in [-0.39, 0.29) is 11.9 Å². The summed E-state index contributed by atoms with van der Waals surface area (Å²) in [5.41, 5.74) is 3.48. The Morgan fingerprint density at radius 1 is 0.875 bits per heavy atom. The van der Waals surface area contributed by atoms with Gasteiger partial charge in [0.15, 0.2) is 6.10 Å². The van der Waals surface area contributed by atoms with E-state index in [0.29, 0.717) is 23.9 Å². The zero-order valence-electron chi connectivity index (χ0n) is 18.6. The summed E-state index contributed by atoms with van der Waals surface area (Å²) in [6, 6.07) is 26.8. The number of ether oxygens (including phenoxy) is 1. The van der Waals surface area contributed by atoms with Crippen LogP contribution in [0.2, 0.25) is 5.02 Å². The number of amides is 1. The number of benzene rings is 3. The Balaban J connectivity index is 1.41. The van der Waals surface area contributed by atoms with Crippen LogP contribution < -0.4 is 4.74 Å². The number of rotatable bonds is 6. The zero-order valence-corrected chi connectivity index (χ0v) is 19.3. The van der Waals surface area contributed by atoms with Gasteiger partial charge in [-0.2, -0.15) is 0 Å². The van der Waals surface area contributed by atoms with Crippen molar-refractivity contribution in [2.24, 2.45) is 0 Å². The summed E-state index contributed by atoms with van der Waals surface area (Å²) in [7, 11) is 0.